The normalized spacial score (nSPS) is 22.1. The number of rotatable bonds is 29. The molecule has 0 spiro atoms. The predicted molar refractivity (Wildman–Crippen MR) is 339 cm³/mol. The number of hydrogen-bond acceptors (Lipinski definition) is 18. The number of carbonyl (C=O) groups excluding carboxylic acids is 9. The summed E-state index contributed by atoms with van der Waals surface area (Å²) in [7, 11) is 0. The molecule has 512 valence electrons. The van der Waals surface area contributed by atoms with E-state index in [2.05, 4.69) is 36.6 Å². The number of nitrogens with one attached hydrogen (secondary N) is 5. The van der Waals surface area contributed by atoms with Crippen LogP contribution < -0.4 is 61.0 Å². The summed E-state index contributed by atoms with van der Waals surface area (Å²) in [6.45, 7) is -0.180. The number of hydrogen-bond donors (Lipinski definition) is 15. The van der Waals surface area contributed by atoms with Gasteiger partial charge in [0.1, 0.15) is 48.3 Å². The topological polar surface area (TPSA) is 523 Å². The number of thiophene rings is 1. The maximum absolute atomic E-state index is 15.3. The number of guanidine groups is 2. The Balaban J connectivity index is 0.00000333. The lowest BCUT2D eigenvalue weighted by atomic mass is 9.84. The van der Waals surface area contributed by atoms with Crippen LogP contribution >= 0.6 is 11.3 Å². The molecule has 3 saturated heterocycles. The summed E-state index contributed by atoms with van der Waals surface area (Å²) in [6, 6.07) is -0.815. The van der Waals surface area contributed by atoms with Gasteiger partial charge < -0.3 is 101 Å². The maximum Gasteiger partial charge on any atom is 0.326 e. The molecule has 4 aliphatic heterocycles. The van der Waals surface area contributed by atoms with Gasteiger partial charge in [0.05, 0.1) is 25.3 Å². The molecule has 7 rings (SSSR count). The van der Waals surface area contributed by atoms with Crippen LogP contribution in [0, 0.1) is 5.92 Å². The first kappa shape index (κ1) is 73.5. The minimum atomic E-state index is -1.66. The van der Waals surface area contributed by atoms with E-state index >= 15 is 4.79 Å². The minimum absolute atomic E-state index is 0.00394. The molecule has 0 radical (unpaired) electrons. The third-order valence-corrected chi connectivity index (χ3v) is 18.1. The van der Waals surface area contributed by atoms with Crippen molar-refractivity contribution in [2.24, 2.45) is 50.3 Å². The predicted octanol–water partition coefficient (Wildman–Crippen LogP) is -4.25. The molecule has 32 nitrogen and oxygen atoms in total. The van der Waals surface area contributed by atoms with Crippen LogP contribution in [-0.4, -0.2) is 229 Å². The fourth-order valence-electron chi connectivity index (χ4n) is 12.7. The summed E-state index contributed by atoms with van der Waals surface area (Å²) in [5.74, 6) is -8.81. The monoisotopic (exact) mass is 1320 g/mol. The first-order chi connectivity index (χ1) is 44.3. The number of aliphatic hydroxyl groups is 2. The number of benzene rings is 1. The molecule has 2 aromatic rings. The molecule has 4 fully saturated rings. The van der Waals surface area contributed by atoms with E-state index in [1.54, 1.807) is 35.7 Å². The van der Waals surface area contributed by atoms with Crippen LogP contribution in [0.25, 0.3) is 0 Å². The molecule has 1 aliphatic carbocycles. The highest BCUT2D eigenvalue weighted by Gasteiger charge is 2.52. The fraction of sp³-hybridized carbons (Fsp3) is 0.617. The second-order valence-corrected chi connectivity index (χ2v) is 25.0. The van der Waals surface area contributed by atoms with Crippen molar-refractivity contribution in [3.05, 3.63) is 57.8 Å². The van der Waals surface area contributed by atoms with Crippen LogP contribution in [0.5, 0.6) is 0 Å². The SMILES string of the molecule is CC(=O)O.NCCC[C@H](NC(=O)[C@H](N)CCCN=C(N)N)C(=O)N1CCC[C@H]1C(=O)N1C[C@H](O)C[C@H]1C(=O)NCC(=O)N[C@@H](Cc1cccs1)C(=O)N[C@@H](CO)C(=O)N1Cc2ccccc2C[C@@H]1C(=O)N1[C@H](C(=O)N[C@@H](CCCN=C(N)N)C(=O)O)C[C@@H]2CCCC[C@@H]21. The first-order valence-electron chi connectivity index (χ1n) is 31.4. The molecule has 0 unspecified atom stereocenters. The van der Waals surface area contributed by atoms with Gasteiger partial charge in [0.25, 0.3) is 5.97 Å². The van der Waals surface area contributed by atoms with Crippen molar-refractivity contribution < 1.29 is 73.2 Å². The summed E-state index contributed by atoms with van der Waals surface area (Å²) in [6.07, 6.45) is 3.81. The molecule has 0 bridgehead atoms. The number of carboxylic acids is 2. The Hall–Kier alpha value is -8.53. The number of aliphatic carboxylic acids is 2. The van der Waals surface area contributed by atoms with Crippen molar-refractivity contribution in [2.45, 2.75) is 183 Å². The van der Waals surface area contributed by atoms with Gasteiger partial charge in [0.2, 0.25) is 53.2 Å². The molecule has 9 amide bonds. The van der Waals surface area contributed by atoms with Crippen LogP contribution in [0.1, 0.15) is 113 Å². The zero-order chi connectivity index (χ0) is 68.1. The van der Waals surface area contributed by atoms with Gasteiger partial charge in [0.15, 0.2) is 11.9 Å². The highest BCUT2D eigenvalue weighted by Crippen LogP contribution is 2.41. The van der Waals surface area contributed by atoms with Gasteiger partial charge in [-0.15, -0.1) is 11.3 Å². The Morgan fingerprint density at radius 2 is 1.31 bits per heavy atom. The largest absolute Gasteiger partial charge is 0.481 e. The summed E-state index contributed by atoms with van der Waals surface area (Å²) in [5.41, 5.74) is 35.0. The summed E-state index contributed by atoms with van der Waals surface area (Å²) in [5, 5.41) is 54.1. The number of carbonyl (C=O) groups is 11. The number of aliphatic imine (C=N–C) groups is 2. The minimum Gasteiger partial charge on any atom is -0.481 e. The summed E-state index contributed by atoms with van der Waals surface area (Å²) < 4.78 is 0. The van der Waals surface area contributed by atoms with Crippen molar-refractivity contribution in [3.63, 3.8) is 0 Å². The van der Waals surface area contributed by atoms with Gasteiger partial charge in [-0.3, -0.25) is 57.9 Å². The quantitative estimate of drug-likeness (QED) is 0.0208. The first-order valence-corrected chi connectivity index (χ1v) is 32.3. The second-order valence-electron chi connectivity index (χ2n) is 23.9. The highest BCUT2D eigenvalue weighted by atomic mass is 32.1. The maximum atomic E-state index is 15.3. The second kappa shape index (κ2) is 35.5. The molecule has 1 saturated carbocycles. The van der Waals surface area contributed by atoms with E-state index in [0.29, 0.717) is 36.1 Å². The lowest BCUT2D eigenvalue weighted by Crippen LogP contribution is -2.63. The van der Waals surface area contributed by atoms with E-state index in [0.717, 1.165) is 36.6 Å². The number of nitrogens with two attached hydrogens (primary N) is 6. The molecule has 1 aromatic heterocycles. The lowest BCUT2D eigenvalue weighted by Gasteiger charge is -2.42. The standard InChI is InChI=1S/C58H87N17O13S.C2H4O2/c59-19-5-15-38(69-48(79)37(60)14-6-20-65-57(61)62)52(83)72-22-8-18-43(72)54(85)74-30-35(77)26-44(74)50(81)67-28-47(78)68-40(27-36-13-9-23-89-36)49(80)71-41(31-76)53(84)73-29-34-12-2-1-10-32(34)24-46(73)55(86)75-42-17-4-3-11-33(42)25-45(75)51(82)70-39(56(87)88)16-7-21-66-58(63)64;1-2(3)4/h1-2,9-10,12-13,23,33,35,37-46,76-77H,3-8,11,14-22,24-31,59-60H2,(H,67,81)(H,68,78)(H,69,79)(H,70,82)(H,71,80)(H,87,88)(H4,61,62,65)(H4,63,64,66);1H3,(H,3,4)/t33-,35+,37+,38-,39-,40-,41-,42-,43-,44-,45-,46+;/m0./s1. The van der Waals surface area contributed by atoms with Crippen LogP contribution in [0.2, 0.25) is 0 Å². The number of carboxylic acid groups (broad SMARTS) is 2. The van der Waals surface area contributed by atoms with Crippen LogP contribution in [0.4, 0.5) is 0 Å². The van der Waals surface area contributed by atoms with Crippen molar-refractivity contribution >= 4 is 88.4 Å². The summed E-state index contributed by atoms with van der Waals surface area (Å²) >= 11 is 1.28. The van der Waals surface area contributed by atoms with Gasteiger partial charge in [-0.25, -0.2) is 4.79 Å². The van der Waals surface area contributed by atoms with E-state index < -0.39 is 145 Å². The van der Waals surface area contributed by atoms with Gasteiger partial charge in [-0.05, 0) is 106 Å². The van der Waals surface area contributed by atoms with Gasteiger partial charge in [0, 0.05) is 69.8 Å². The number of likely N-dealkylation sites (tertiary alicyclic amines) is 3. The lowest BCUT2D eigenvalue weighted by molar-refractivity contribution is -0.153. The Labute approximate surface area is 542 Å². The van der Waals surface area contributed by atoms with Gasteiger partial charge >= 0.3 is 5.97 Å². The number of aliphatic hydroxyl groups excluding tert-OH is 2. The third kappa shape index (κ3) is 20.7. The number of amides is 9. The molecule has 33 heteroatoms. The van der Waals surface area contributed by atoms with Gasteiger partial charge in [-0.1, -0.05) is 43.2 Å². The number of β-amino-alcohol motifs (C(OH)–C–C–N with tert-alkyl or cyclic N) is 1. The van der Waals surface area contributed by atoms with Gasteiger partial charge in [-0.2, -0.15) is 0 Å². The molecule has 5 heterocycles. The molecular formula is C60H91N17O15S. The van der Waals surface area contributed by atoms with E-state index in [1.807, 2.05) is 6.07 Å². The van der Waals surface area contributed by atoms with E-state index in [9.17, 15) is 58.5 Å². The zero-order valence-corrected chi connectivity index (χ0v) is 53.1. The Morgan fingerprint density at radius 3 is 1.96 bits per heavy atom. The Bertz CT molecular complexity index is 3020. The molecule has 5 aliphatic rings. The Kier molecular flexibility index (Phi) is 28.1. The van der Waals surface area contributed by atoms with Crippen molar-refractivity contribution in [3.8, 4) is 0 Å². The number of nitrogens with zero attached hydrogens (tertiary/aromatic N) is 6. The van der Waals surface area contributed by atoms with E-state index in [-0.39, 0.29) is 115 Å². The van der Waals surface area contributed by atoms with E-state index in [4.69, 9.17) is 44.3 Å². The smallest absolute Gasteiger partial charge is 0.326 e. The molecule has 1 aromatic carbocycles. The van der Waals surface area contributed by atoms with Crippen LogP contribution in [0.15, 0.2) is 51.8 Å². The molecular weight excluding hydrogens is 1230 g/mol. The number of fused-ring (bicyclic) bond motifs is 2. The van der Waals surface area contributed by atoms with Crippen LogP contribution in [0.3, 0.4) is 0 Å². The summed E-state index contributed by atoms with van der Waals surface area (Å²) in [4.78, 5) is 164. The van der Waals surface area contributed by atoms with E-state index in [1.165, 1.54) is 26.0 Å². The molecule has 93 heavy (non-hydrogen) atoms. The molecule has 12 atom stereocenters. The highest BCUT2D eigenvalue weighted by molar-refractivity contribution is 7.09. The third-order valence-electron chi connectivity index (χ3n) is 17.2. The Morgan fingerprint density at radius 1 is 0.667 bits per heavy atom. The fourth-order valence-corrected chi connectivity index (χ4v) is 13.5. The average molecular weight is 1320 g/mol. The average Bonchev–Trinajstić information content (AvgIpc) is 1.72. The van der Waals surface area contributed by atoms with Crippen molar-refractivity contribution in [1.82, 2.24) is 46.2 Å². The zero-order valence-electron chi connectivity index (χ0n) is 52.3. The van der Waals surface area contributed by atoms with Crippen LogP contribution in [-0.2, 0) is 72.1 Å². The van der Waals surface area contributed by atoms with Crippen molar-refractivity contribution in [2.75, 3.05) is 45.9 Å². The van der Waals surface area contributed by atoms with Crippen molar-refractivity contribution in [1.29, 1.82) is 0 Å². The molecule has 21 N–H and O–H groups in total.